The molecule has 1 aromatic heterocycles. The molecule has 2 rings (SSSR count). The number of aromatic nitrogens is 1. The van der Waals surface area contributed by atoms with E-state index in [-0.39, 0.29) is 5.78 Å². The first kappa shape index (κ1) is 12.6. The van der Waals surface area contributed by atoms with Gasteiger partial charge in [0.25, 0.3) is 0 Å². The first-order chi connectivity index (χ1) is 8.09. The summed E-state index contributed by atoms with van der Waals surface area (Å²) in [6.45, 7) is 5.73. The third kappa shape index (κ3) is 2.68. The van der Waals surface area contributed by atoms with E-state index in [1.54, 1.807) is 6.92 Å². The molecule has 1 aromatic rings. The van der Waals surface area contributed by atoms with Crippen LogP contribution in [0.25, 0.3) is 0 Å². The predicted molar refractivity (Wildman–Crippen MR) is 71.9 cm³/mol. The molecule has 3 nitrogen and oxygen atoms in total. The molecule has 1 saturated carbocycles. The van der Waals surface area contributed by atoms with Crippen LogP contribution in [0.4, 0.5) is 5.00 Å². The SMILES string of the molecule is CC(=O)c1c(C)nsc1NC(C)C1CCCC1. The highest BCUT2D eigenvalue weighted by atomic mass is 32.1. The molecule has 0 aliphatic heterocycles. The molecule has 0 saturated heterocycles. The second-order valence-electron chi connectivity index (χ2n) is 5.01. The zero-order valence-electron chi connectivity index (χ0n) is 10.7. The van der Waals surface area contributed by atoms with E-state index in [0.29, 0.717) is 6.04 Å². The minimum absolute atomic E-state index is 0.109. The van der Waals surface area contributed by atoms with E-state index in [1.807, 2.05) is 6.92 Å². The number of hydrogen-bond acceptors (Lipinski definition) is 4. The summed E-state index contributed by atoms with van der Waals surface area (Å²) in [6, 6.07) is 0.440. The quantitative estimate of drug-likeness (QED) is 0.832. The fourth-order valence-corrected chi connectivity index (χ4v) is 3.61. The van der Waals surface area contributed by atoms with Gasteiger partial charge < -0.3 is 5.32 Å². The van der Waals surface area contributed by atoms with Gasteiger partial charge in [-0.05, 0) is 51.1 Å². The molecule has 1 atom stereocenters. The molecule has 4 heteroatoms. The number of Topliss-reactive ketones (excluding diaryl/α,β-unsaturated/α-hetero) is 1. The number of anilines is 1. The van der Waals surface area contributed by atoms with Crippen molar-refractivity contribution in [2.45, 2.75) is 52.5 Å². The van der Waals surface area contributed by atoms with Crippen LogP contribution >= 0.6 is 11.5 Å². The van der Waals surface area contributed by atoms with Gasteiger partial charge in [-0.2, -0.15) is 4.37 Å². The van der Waals surface area contributed by atoms with Gasteiger partial charge in [0.05, 0.1) is 11.3 Å². The van der Waals surface area contributed by atoms with Gasteiger partial charge >= 0.3 is 0 Å². The lowest BCUT2D eigenvalue weighted by atomic mass is 10.00. The van der Waals surface area contributed by atoms with E-state index in [4.69, 9.17) is 0 Å². The van der Waals surface area contributed by atoms with E-state index < -0.39 is 0 Å². The summed E-state index contributed by atoms with van der Waals surface area (Å²) in [4.78, 5) is 11.6. The topological polar surface area (TPSA) is 42.0 Å². The zero-order valence-corrected chi connectivity index (χ0v) is 11.6. The lowest BCUT2D eigenvalue weighted by molar-refractivity contribution is 0.101. The Morgan fingerprint density at radius 3 is 2.71 bits per heavy atom. The Kier molecular flexibility index (Phi) is 3.82. The average molecular weight is 252 g/mol. The number of aryl methyl sites for hydroxylation is 1. The van der Waals surface area contributed by atoms with Gasteiger partial charge in [-0.25, -0.2) is 0 Å². The highest BCUT2D eigenvalue weighted by Gasteiger charge is 2.23. The summed E-state index contributed by atoms with van der Waals surface area (Å²) < 4.78 is 4.28. The number of carbonyl (C=O) groups is 1. The third-order valence-corrected chi connectivity index (χ3v) is 4.55. The van der Waals surface area contributed by atoms with Crippen molar-refractivity contribution in [3.8, 4) is 0 Å². The van der Waals surface area contributed by atoms with Gasteiger partial charge in [0.15, 0.2) is 5.78 Å². The molecule has 1 aliphatic rings. The highest BCUT2D eigenvalue weighted by Crippen LogP contribution is 2.32. The molecule has 0 bridgehead atoms. The molecule has 0 radical (unpaired) electrons. The number of nitrogens with zero attached hydrogens (tertiary/aromatic N) is 1. The van der Waals surface area contributed by atoms with Crippen LogP contribution in [0.15, 0.2) is 0 Å². The molecule has 1 N–H and O–H groups in total. The fourth-order valence-electron chi connectivity index (χ4n) is 2.66. The highest BCUT2D eigenvalue weighted by molar-refractivity contribution is 7.10. The van der Waals surface area contributed by atoms with Gasteiger partial charge in [0.2, 0.25) is 0 Å². The molecule has 0 aromatic carbocycles. The Hall–Kier alpha value is -0.900. The number of nitrogens with one attached hydrogen (secondary N) is 1. The molecule has 1 fully saturated rings. The molecular formula is C13H20N2OS. The maximum Gasteiger partial charge on any atom is 0.164 e. The van der Waals surface area contributed by atoms with Gasteiger partial charge in [0.1, 0.15) is 5.00 Å². The van der Waals surface area contributed by atoms with E-state index in [2.05, 4.69) is 16.6 Å². The Bertz CT molecular complexity index is 408. The Morgan fingerprint density at radius 2 is 2.12 bits per heavy atom. The maximum atomic E-state index is 11.6. The predicted octanol–water partition coefficient (Wildman–Crippen LogP) is 3.64. The molecular weight excluding hydrogens is 232 g/mol. The van der Waals surface area contributed by atoms with Crippen molar-refractivity contribution in [3.05, 3.63) is 11.3 Å². The first-order valence-electron chi connectivity index (χ1n) is 6.33. The molecule has 1 heterocycles. The van der Waals surface area contributed by atoms with Crippen LogP contribution in [-0.4, -0.2) is 16.2 Å². The Labute approximate surface area is 107 Å². The molecule has 1 unspecified atom stereocenters. The van der Waals surface area contributed by atoms with Gasteiger partial charge in [-0.3, -0.25) is 4.79 Å². The van der Waals surface area contributed by atoms with Crippen molar-refractivity contribution in [3.63, 3.8) is 0 Å². The fraction of sp³-hybridized carbons (Fsp3) is 0.692. The molecule has 0 spiro atoms. The molecule has 1 aliphatic carbocycles. The largest absolute Gasteiger partial charge is 0.372 e. The third-order valence-electron chi connectivity index (χ3n) is 3.68. The van der Waals surface area contributed by atoms with Gasteiger partial charge in [0, 0.05) is 6.04 Å². The standard InChI is InChI=1S/C13H20N2OS/c1-8(11-6-4-5-7-11)14-13-12(10(3)16)9(2)15-17-13/h8,11,14H,4-7H2,1-3H3. The zero-order chi connectivity index (χ0) is 12.4. The van der Waals surface area contributed by atoms with Crippen molar-refractivity contribution >= 4 is 22.3 Å². The summed E-state index contributed by atoms with van der Waals surface area (Å²) in [5, 5.41) is 4.44. The van der Waals surface area contributed by atoms with E-state index >= 15 is 0 Å². The second-order valence-corrected chi connectivity index (χ2v) is 5.78. The van der Waals surface area contributed by atoms with Crippen LogP contribution < -0.4 is 5.32 Å². The number of hydrogen-bond donors (Lipinski definition) is 1. The summed E-state index contributed by atoms with van der Waals surface area (Å²) >= 11 is 1.41. The minimum atomic E-state index is 0.109. The lowest BCUT2D eigenvalue weighted by Gasteiger charge is -2.20. The van der Waals surface area contributed by atoms with E-state index in [0.717, 1.165) is 22.2 Å². The lowest BCUT2D eigenvalue weighted by Crippen LogP contribution is -2.24. The molecule has 0 amide bonds. The summed E-state index contributed by atoms with van der Waals surface area (Å²) in [7, 11) is 0. The normalized spacial score (nSPS) is 18.3. The van der Waals surface area contributed by atoms with E-state index in [1.165, 1.54) is 37.2 Å². The second kappa shape index (κ2) is 5.17. The van der Waals surface area contributed by atoms with Crippen molar-refractivity contribution in [2.24, 2.45) is 5.92 Å². The molecule has 94 valence electrons. The van der Waals surface area contributed by atoms with Crippen LogP contribution in [0.3, 0.4) is 0 Å². The minimum Gasteiger partial charge on any atom is -0.372 e. The van der Waals surface area contributed by atoms with Crippen LogP contribution in [-0.2, 0) is 0 Å². The van der Waals surface area contributed by atoms with Crippen LogP contribution in [0.1, 0.15) is 55.6 Å². The average Bonchev–Trinajstić information content (AvgIpc) is 2.87. The summed E-state index contributed by atoms with van der Waals surface area (Å²) in [5.74, 6) is 0.856. The number of rotatable bonds is 4. The van der Waals surface area contributed by atoms with Gasteiger partial charge in [-0.15, -0.1) is 0 Å². The van der Waals surface area contributed by atoms with Crippen molar-refractivity contribution in [2.75, 3.05) is 5.32 Å². The summed E-state index contributed by atoms with van der Waals surface area (Å²) in [6.07, 6.45) is 5.30. The van der Waals surface area contributed by atoms with Crippen molar-refractivity contribution in [1.82, 2.24) is 4.37 Å². The molecule has 17 heavy (non-hydrogen) atoms. The number of ketones is 1. The maximum absolute atomic E-state index is 11.6. The van der Waals surface area contributed by atoms with Gasteiger partial charge in [-0.1, -0.05) is 12.8 Å². The monoisotopic (exact) mass is 252 g/mol. The van der Waals surface area contributed by atoms with Crippen molar-refractivity contribution in [1.29, 1.82) is 0 Å². The van der Waals surface area contributed by atoms with E-state index in [9.17, 15) is 4.79 Å². The van der Waals surface area contributed by atoms with Crippen molar-refractivity contribution < 1.29 is 4.79 Å². The first-order valence-corrected chi connectivity index (χ1v) is 7.10. The Morgan fingerprint density at radius 1 is 1.47 bits per heavy atom. The van der Waals surface area contributed by atoms with Crippen LogP contribution in [0.2, 0.25) is 0 Å². The number of carbonyl (C=O) groups excluding carboxylic acids is 1. The van der Waals surface area contributed by atoms with Crippen LogP contribution in [0.5, 0.6) is 0 Å². The smallest absolute Gasteiger partial charge is 0.164 e. The summed E-state index contributed by atoms with van der Waals surface area (Å²) in [5.41, 5.74) is 1.63. The Balaban J connectivity index is 2.10. The van der Waals surface area contributed by atoms with Crippen LogP contribution in [0, 0.1) is 12.8 Å².